The van der Waals surface area contributed by atoms with E-state index in [4.69, 9.17) is 15.6 Å². The standard InChI is InChI=1S/C25H21N3O3/c1-13(26)31-25(27)15-11-9-14(10-12-15)20-21-18(7-4-8-19(21)29)28-23-16-5-2-3-6-17(16)24(30)22(20)23/h2-3,5-6,9-12,20,26-28H,4,7-8H2,1H3. The van der Waals surface area contributed by atoms with Gasteiger partial charge in [0, 0.05) is 52.8 Å². The number of carbonyl (C=O) groups excluding carboxylic acids is 2. The maximum absolute atomic E-state index is 13.4. The molecule has 0 aromatic heterocycles. The van der Waals surface area contributed by atoms with E-state index >= 15 is 0 Å². The number of benzene rings is 2. The SMILES string of the molecule is CC(=N)OC(=N)c1ccc(C2C3=C(CCCC3=O)NC3=C2C(=O)c2ccccc23)cc1. The molecule has 3 N–H and O–H groups in total. The Morgan fingerprint density at radius 2 is 1.68 bits per heavy atom. The number of dihydropyridines is 1. The Balaban J connectivity index is 1.62. The van der Waals surface area contributed by atoms with E-state index in [0.29, 0.717) is 28.7 Å². The van der Waals surface area contributed by atoms with Gasteiger partial charge in [0.25, 0.3) is 0 Å². The number of carbonyl (C=O) groups is 2. The van der Waals surface area contributed by atoms with Gasteiger partial charge in [0.15, 0.2) is 17.5 Å². The Morgan fingerprint density at radius 1 is 0.968 bits per heavy atom. The van der Waals surface area contributed by atoms with Gasteiger partial charge in [0.05, 0.1) is 5.70 Å². The maximum atomic E-state index is 13.4. The smallest absolute Gasteiger partial charge is 0.220 e. The first-order valence-corrected chi connectivity index (χ1v) is 10.3. The summed E-state index contributed by atoms with van der Waals surface area (Å²) in [5, 5.41) is 18.8. The second-order valence-corrected chi connectivity index (χ2v) is 8.00. The van der Waals surface area contributed by atoms with E-state index in [9.17, 15) is 9.59 Å². The van der Waals surface area contributed by atoms with Crippen molar-refractivity contribution >= 4 is 29.1 Å². The summed E-state index contributed by atoms with van der Waals surface area (Å²) in [5.74, 6) is -0.574. The zero-order valence-electron chi connectivity index (χ0n) is 17.0. The monoisotopic (exact) mass is 411 g/mol. The third-order valence-electron chi connectivity index (χ3n) is 6.03. The van der Waals surface area contributed by atoms with E-state index in [2.05, 4.69) is 5.32 Å². The maximum Gasteiger partial charge on any atom is 0.220 e. The molecule has 6 heteroatoms. The van der Waals surface area contributed by atoms with Crippen molar-refractivity contribution in [1.82, 2.24) is 5.32 Å². The lowest BCUT2D eigenvalue weighted by molar-refractivity contribution is -0.116. The number of hydrogen-bond donors (Lipinski definition) is 3. The highest BCUT2D eigenvalue weighted by Gasteiger charge is 2.43. The number of allylic oxidation sites excluding steroid dienone is 3. The number of fused-ring (bicyclic) bond motifs is 2. The second-order valence-electron chi connectivity index (χ2n) is 8.00. The van der Waals surface area contributed by atoms with Gasteiger partial charge >= 0.3 is 0 Å². The molecule has 5 rings (SSSR count). The van der Waals surface area contributed by atoms with Gasteiger partial charge in [-0.2, -0.15) is 0 Å². The summed E-state index contributed by atoms with van der Waals surface area (Å²) in [6, 6.07) is 14.7. The molecule has 0 spiro atoms. The van der Waals surface area contributed by atoms with Crippen molar-refractivity contribution in [3.8, 4) is 0 Å². The average Bonchev–Trinajstić information content (AvgIpc) is 3.04. The van der Waals surface area contributed by atoms with Crippen molar-refractivity contribution in [2.24, 2.45) is 0 Å². The van der Waals surface area contributed by atoms with Crippen LogP contribution in [0.2, 0.25) is 0 Å². The molecule has 1 atom stereocenters. The Bertz CT molecular complexity index is 1230. The molecule has 0 radical (unpaired) electrons. The zero-order valence-corrected chi connectivity index (χ0v) is 17.0. The van der Waals surface area contributed by atoms with E-state index in [1.807, 2.05) is 36.4 Å². The molecule has 0 fully saturated rings. The molecule has 0 saturated carbocycles. The summed E-state index contributed by atoms with van der Waals surface area (Å²) < 4.78 is 5.08. The minimum absolute atomic E-state index is 0.0485. The fourth-order valence-corrected chi connectivity index (χ4v) is 4.71. The van der Waals surface area contributed by atoms with Crippen molar-refractivity contribution < 1.29 is 14.3 Å². The van der Waals surface area contributed by atoms with Crippen LogP contribution in [0.4, 0.5) is 0 Å². The zero-order chi connectivity index (χ0) is 21.7. The van der Waals surface area contributed by atoms with Crippen molar-refractivity contribution in [1.29, 1.82) is 10.8 Å². The topological polar surface area (TPSA) is 103 Å². The number of Topliss-reactive ketones (excluding diaryl/α,β-unsaturated/α-hetero) is 2. The number of ketones is 2. The van der Waals surface area contributed by atoms with E-state index in [0.717, 1.165) is 35.4 Å². The molecule has 6 nitrogen and oxygen atoms in total. The Kier molecular flexibility index (Phi) is 4.43. The van der Waals surface area contributed by atoms with Crippen LogP contribution in [0, 0.1) is 10.8 Å². The Hall–Kier alpha value is -3.80. The minimum atomic E-state index is -0.437. The molecule has 2 aliphatic carbocycles. The molecule has 0 bridgehead atoms. The number of ether oxygens (including phenoxy) is 1. The van der Waals surface area contributed by atoms with Crippen LogP contribution in [0.3, 0.4) is 0 Å². The Labute approximate surface area is 179 Å². The summed E-state index contributed by atoms with van der Waals surface area (Å²) >= 11 is 0. The Morgan fingerprint density at radius 3 is 2.39 bits per heavy atom. The first kappa shape index (κ1) is 19.2. The summed E-state index contributed by atoms with van der Waals surface area (Å²) in [6.45, 7) is 1.47. The lowest BCUT2D eigenvalue weighted by atomic mass is 9.75. The molecular weight excluding hydrogens is 390 g/mol. The molecule has 1 unspecified atom stereocenters. The van der Waals surface area contributed by atoms with E-state index in [-0.39, 0.29) is 23.4 Å². The van der Waals surface area contributed by atoms with E-state index < -0.39 is 5.92 Å². The molecular formula is C25H21N3O3. The van der Waals surface area contributed by atoms with Crippen LogP contribution in [-0.4, -0.2) is 23.4 Å². The van der Waals surface area contributed by atoms with Crippen molar-refractivity contribution in [2.45, 2.75) is 32.1 Å². The third kappa shape index (κ3) is 3.03. The van der Waals surface area contributed by atoms with Gasteiger partial charge in [0.2, 0.25) is 5.90 Å². The van der Waals surface area contributed by atoms with Gasteiger partial charge in [-0.25, -0.2) is 0 Å². The molecule has 2 aromatic rings. The van der Waals surface area contributed by atoms with Crippen LogP contribution in [0.5, 0.6) is 0 Å². The van der Waals surface area contributed by atoms with Crippen LogP contribution >= 0.6 is 0 Å². The molecule has 1 heterocycles. The average molecular weight is 411 g/mol. The minimum Gasteiger partial charge on any atom is -0.426 e. The van der Waals surface area contributed by atoms with E-state index in [1.54, 1.807) is 12.1 Å². The van der Waals surface area contributed by atoms with Crippen molar-refractivity contribution in [2.75, 3.05) is 0 Å². The van der Waals surface area contributed by atoms with Gasteiger partial charge in [-0.15, -0.1) is 0 Å². The highest BCUT2D eigenvalue weighted by Crippen LogP contribution is 2.48. The highest BCUT2D eigenvalue weighted by molar-refractivity contribution is 6.23. The molecule has 2 aromatic carbocycles. The summed E-state index contributed by atoms with van der Waals surface area (Å²) in [7, 11) is 0. The number of rotatable bonds is 2. The van der Waals surface area contributed by atoms with Gasteiger partial charge in [0.1, 0.15) is 0 Å². The second kappa shape index (κ2) is 7.16. The van der Waals surface area contributed by atoms with Crippen LogP contribution in [0.1, 0.15) is 59.2 Å². The van der Waals surface area contributed by atoms with Gasteiger partial charge in [-0.05, 0) is 30.5 Å². The summed E-state index contributed by atoms with van der Waals surface area (Å²) in [6.07, 6.45) is 2.06. The fraction of sp³-hybridized carbons (Fsp3) is 0.200. The predicted octanol–water partition coefficient (Wildman–Crippen LogP) is 4.33. The molecule has 0 saturated heterocycles. The molecule has 3 aliphatic rings. The van der Waals surface area contributed by atoms with Gasteiger partial charge in [-0.1, -0.05) is 36.4 Å². The summed E-state index contributed by atoms with van der Waals surface area (Å²) in [4.78, 5) is 26.4. The first-order chi connectivity index (χ1) is 15.0. The van der Waals surface area contributed by atoms with E-state index in [1.165, 1.54) is 6.92 Å². The molecule has 1 aliphatic heterocycles. The van der Waals surface area contributed by atoms with Crippen LogP contribution in [0.15, 0.2) is 65.4 Å². The van der Waals surface area contributed by atoms with Crippen LogP contribution in [0.25, 0.3) is 5.70 Å². The first-order valence-electron chi connectivity index (χ1n) is 10.3. The van der Waals surface area contributed by atoms with Crippen molar-refractivity contribution in [3.63, 3.8) is 0 Å². The summed E-state index contributed by atoms with van der Waals surface area (Å²) in [5.41, 5.74) is 5.91. The molecule has 0 amide bonds. The molecule has 31 heavy (non-hydrogen) atoms. The van der Waals surface area contributed by atoms with Crippen molar-refractivity contribution in [3.05, 3.63) is 87.6 Å². The lowest BCUT2D eigenvalue weighted by Gasteiger charge is -2.33. The van der Waals surface area contributed by atoms with Gasteiger partial charge < -0.3 is 10.1 Å². The van der Waals surface area contributed by atoms with Crippen LogP contribution in [-0.2, 0) is 9.53 Å². The predicted molar refractivity (Wildman–Crippen MR) is 117 cm³/mol. The quantitative estimate of drug-likeness (QED) is 0.506. The fourth-order valence-electron chi connectivity index (χ4n) is 4.71. The van der Waals surface area contributed by atoms with Gasteiger partial charge in [-0.3, -0.25) is 20.4 Å². The van der Waals surface area contributed by atoms with Crippen LogP contribution < -0.4 is 5.32 Å². The largest absolute Gasteiger partial charge is 0.426 e. The highest BCUT2D eigenvalue weighted by atomic mass is 16.5. The number of nitrogens with one attached hydrogen (secondary N) is 3. The third-order valence-corrected chi connectivity index (χ3v) is 6.03. The normalized spacial score (nSPS) is 19.5. The lowest BCUT2D eigenvalue weighted by Crippen LogP contribution is -2.31. The molecule has 154 valence electrons. The number of hydrogen-bond acceptors (Lipinski definition) is 6.